The minimum atomic E-state index is -0.771. The molecule has 0 aliphatic carbocycles. The van der Waals surface area contributed by atoms with Crippen LogP contribution in [0.1, 0.15) is 26.3 Å². The molecule has 3 amide bonds. The lowest BCUT2D eigenvalue weighted by atomic mass is 10.0. The van der Waals surface area contributed by atoms with Crippen molar-refractivity contribution in [2.75, 3.05) is 18.5 Å². The number of carbonyl (C=O) groups is 3. The van der Waals surface area contributed by atoms with Gasteiger partial charge in [0, 0.05) is 5.69 Å². The lowest BCUT2D eigenvalue weighted by Crippen LogP contribution is -2.52. The molecule has 160 valence electrons. The van der Waals surface area contributed by atoms with Gasteiger partial charge < -0.3 is 20.7 Å². The molecule has 2 rings (SSSR count). The van der Waals surface area contributed by atoms with Crippen LogP contribution in [0.5, 0.6) is 5.75 Å². The summed E-state index contributed by atoms with van der Waals surface area (Å²) in [7, 11) is 0. The van der Waals surface area contributed by atoms with Crippen molar-refractivity contribution in [1.82, 2.24) is 10.6 Å². The van der Waals surface area contributed by atoms with Gasteiger partial charge in [-0.25, -0.2) is 0 Å². The SMILES string of the molecule is CCc1ccccc1NC(=O)CNC(=O)[C@@H](NC(=O)COc1ccccc1)C(C)C. The summed E-state index contributed by atoms with van der Waals surface area (Å²) in [5.74, 6) is -0.742. The number of benzene rings is 2. The van der Waals surface area contributed by atoms with Crippen LogP contribution in [-0.4, -0.2) is 36.9 Å². The summed E-state index contributed by atoms with van der Waals surface area (Å²) < 4.78 is 5.41. The quantitative estimate of drug-likeness (QED) is 0.560. The van der Waals surface area contributed by atoms with Gasteiger partial charge in [0.05, 0.1) is 6.54 Å². The monoisotopic (exact) mass is 411 g/mol. The molecule has 0 saturated carbocycles. The Balaban J connectivity index is 1.84. The third-order valence-corrected chi connectivity index (χ3v) is 4.47. The zero-order valence-corrected chi connectivity index (χ0v) is 17.6. The summed E-state index contributed by atoms with van der Waals surface area (Å²) in [4.78, 5) is 36.9. The van der Waals surface area contributed by atoms with Crippen LogP contribution in [-0.2, 0) is 20.8 Å². The van der Waals surface area contributed by atoms with E-state index in [1.807, 2.05) is 63.2 Å². The summed E-state index contributed by atoms with van der Waals surface area (Å²) in [6, 6.07) is 15.7. The molecule has 1 atom stereocenters. The van der Waals surface area contributed by atoms with E-state index in [1.165, 1.54) is 0 Å². The van der Waals surface area contributed by atoms with Crippen LogP contribution in [0.4, 0.5) is 5.69 Å². The van der Waals surface area contributed by atoms with Crippen LogP contribution < -0.4 is 20.7 Å². The highest BCUT2D eigenvalue weighted by molar-refractivity contribution is 5.96. The Hall–Kier alpha value is -3.35. The predicted octanol–water partition coefficient (Wildman–Crippen LogP) is 2.52. The second kappa shape index (κ2) is 11.6. The van der Waals surface area contributed by atoms with E-state index in [-0.39, 0.29) is 25.0 Å². The number of nitrogens with one attached hydrogen (secondary N) is 3. The van der Waals surface area contributed by atoms with Gasteiger partial charge in [0.2, 0.25) is 11.8 Å². The van der Waals surface area contributed by atoms with E-state index < -0.39 is 17.9 Å². The average Bonchev–Trinajstić information content (AvgIpc) is 2.75. The van der Waals surface area contributed by atoms with Crippen LogP contribution >= 0.6 is 0 Å². The van der Waals surface area contributed by atoms with Gasteiger partial charge in [-0.3, -0.25) is 14.4 Å². The molecule has 0 bridgehead atoms. The van der Waals surface area contributed by atoms with Crippen molar-refractivity contribution in [3.63, 3.8) is 0 Å². The van der Waals surface area contributed by atoms with Crippen LogP contribution in [0.15, 0.2) is 54.6 Å². The number of amides is 3. The smallest absolute Gasteiger partial charge is 0.258 e. The zero-order chi connectivity index (χ0) is 21.9. The minimum Gasteiger partial charge on any atom is -0.484 e. The number of anilines is 1. The molecule has 0 fully saturated rings. The first-order chi connectivity index (χ1) is 14.4. The highest BCUT2D eigenvalue weighted by Gasteiger charge is 2.24. The van der Waals surface area contributed by atoms with Gasteiger partial charge in [0.1, 0.15) is 11.8 Å². The molecule has 0 radical (unpaired) electrons. The second-order valence-electron chi connectivity index (χ2n) is 7.17. The summed E-state index contributed by atoms with van der Waals surface area (Å²) in [5.41, 5.74) is 1.74. The fraction of sp³-hybridized carbons (Fsp3) is 0.348. The van der Waals surface area contributed by atoms with Crippen LogP contribution in [0.25, 0.3) is 0 Å². The van der Waals surface area contributed by atoms with Crippen molar-refractivity contribution in [1.29, 1.82) is 0 Å². The van der Waals surface area contributed by atoms with Crippen molar-refractivity contribution >= 4 is 23.4 Å². The van der Waals surface area contributed by atoms with Crippen LogP contribution in [0.3, 0.4) is 0 Å². The Labute approximate surface area is 177 Å². The summed E-state index contributed by atoms with van der Waals surface area (Å²) in [6.07, 6.45) is 0.787. The summed E-state index contributed by atoms with van der Waals surface area (Å²) >= 11 is 0. The van der Waals surface area contributed by atoms with Crippen molar-refractivity contribution in [3.05, 3.63) is 60.2 Å². The Bertz CT molecular complexity index is 853. The molecule has 0 aromatic heterocycles. The first-order valence-corrected chi connectivity index (χ1v) is 10.0. The molecule has 0 aliphatic heterocycles. The third kappa shape index (κ3) is 7.24. The highest BCUT2D eigenvalue weighted by atomic mass is 16.5. The van der Waals surface area contributed by atoms with Crippen molar-refractivity contribution in [3.8, 4) is 5.75 Å². The maximum atomic E-state index is 12.5. The fourth-order valence-corrected chi connectivity index (χ4v) is 2.84. The minimum absolute atomic E-state index is 0.158. The highest BCUT2D eigenvalue weighted by Crippen LogP contribution is 2.15. The van der Waals surface area contributed by atoms with Crippen molar-refractivity contribution in [2.24, 2.45) is 5.92 Å². The van der Waals surface area contributed by atoms with Gasteiger partial charge in [-0.1, -0.05) is 57.2 Å². The van der Waals surface area contributed by atoms with Gasteiger partial charge in [-0.2, -0.15) is 0 Å². The molecule has 0 unspecified atom stereocenters. The standard InChI is InChI=1S/C23H29N3O4/c1-4-17-10-8-9-13-19(17)25-20(27)14-24-23(29)22(16(2)3)26-21(28)15-30-18-11-6-5-7-12-18/h5-13,16,22H,4,14-15H2,1-3H3,(H,24,29)(H,25,27)(H,26,28)/t22-/m0/s1. The average molecular weight is 412 g/mol. The molecule has 0 heterocycles. The molecule has 2 aromatic carbocycles. The van der Waals surface area contributed by atoms with Crippen LogP contribution in [0, 0.1) is 5.92 Å². The van der Waals surface area contributed by atoms with Gasteiger partial charge >= 0.3 is 0 Å². The van der Waals surface area contributed by atoms with Crippen molar-refractivity contribution in [2.45, 2.75) is 33.2 Å². The van der Waals surface area contributed by atoms with E-state index in [9.17, 15) is 14.4 Å². The number of carbonyl (C=O) groups excluding carboxylic acids is 3. The number of aryl methyl sites for hydroxylation is 1. The Kier molecular flexibility index (Phi) is 8.87. The molecular formula is C23H29N3O4. The lowest BCUT2D eigenvalue weighted by molar-refractivity contribution is -0.131. The summed E-state index contributed by atoms with van der Waals surface area (Å²) in [5, 5.41) is 8.07. The molecular weight excluding hydrogens is 382 g/mol. The van der Waals surface area contributed by atoms with Crippen LogP contribution in [0.2, 0.25) is 0 Å². The van der Waals surface area contributed by atoms with Gasteiger partial charge in [0.25, 0.3) is 5.91 Å². The number of hydrogen-bond acceptors (Lipinski definition) is 4. The number of hydrogen-bond donors (Lipinski definition) is 3. The van der Waals surface area contributed by atoms with Gasteiger partial charge in [-0.15, -0.1) is 0 Å². The van der Waals surface area contributed by atoms with E-state index in [1.54, 1.807) is 12.1 Å². The van der Waals surface area contributed by atoms with E-state index >= 15 is 0 Å². The second-order valence-corrected chi connectivity index (χ2v) is 7.17. The molecule has 3 N–H and O–H groups in total. The molecule has 0 spiro atoms. The molecule has 7 nitrogen and oxygen atoms in total. The maximum absolute atomic E-state index is 12.5. The molecule has 7 heteroatoms. The van der Waals surface area contributed by atoms with Gasteiger partial charge in [0.15, 0.2) is 6.61 Å². The van der Waals surface area contributed by atoms with E-state index in [0.29, 0.717) is 5.75 Å². The number of para-hydroxylation sites is 2. The third-order valence-electron chi connectivity index (χ3n) is 4.47. The first kappa shape index (κ1) is 22.9. The largest absolute Gasteiger partial charge is 0.484 e. The van der Waals surface area contributed by atoms with E-state index in [4.69, 9.17) is 4.74 Å². The summed E-state index contributed by atoms with van der Waals surface area (Å²) in [6.45, 7) is 5.26. The lowest BCUT2D eigenvalue weighted by Gasteiger charge is -2.21. The first-order valence-electron chi connectivity index (χ1n) is 10.0. The molecule has 0 aliphatic rings. The fourth-order valence-electron chi connectivity index (χ4n) is 2.84. The Morgan fingerprint density at radius 2 is 1.60 bits per heavy atom. The maximum Gasteiger partial charge on any atom is 0.258 e. The normalized spacial score (nSPS) is 11.5. The Morgan fingerprint density at radius 1 is 0.933 bits per heavy atom. The zero-order valence-electron chi connectivity index (χ0n) is 17.6. The van der Waals surface area contributed by atoms with Gasteiger partial charge in [-0.05, 0) is 36.1 Å². The molecule has 30 heavy (non-hydrogen) atoms. The number of rotatable bonds is 10. The van der Waals surface area contributed by atoms with E-state index in [0.717, 1.165) is 17.7 Å². The Morgan fingerprint density at radius 3 is 2.27 bits per heavy atom. The predicted molar refractivity (Wildman–Crippen MR) is 116 cm³/mol. The van der Waals surface area contributed by atoms with Crippen molar-refractivity contribution < 1.29 is 19.1 Å². The topological polar surface area (TPSA) is 96.5 Å². The molecule has 2 aromatic rings. The van der Waals surface area contributed by atoms with E-state index in [2.05, 4.69) is 16.0 Å². The number of ether oxygens (including phenoxy) is 1. The molecule has 0 saturated heterocycles.